The van der Waals surface area contributed by atoms with Gasteiger partial charge in [-0.2, -0.15) is 5.10 Å². The highest BCUT2D eigenvalue weighted by Gasteiger charge is 2.07. The Morgan fingerprint density at radius 1 is 1.35 bits per heavy atom. The maximum Gasteiger partial charge on any atom is 0.211 e. The normalized spacial score (nSPS) is 10.8. The van der Waals surface area contributed by atoms with Gasteiger partial charge < -0.3 is 5.11 Å². The highest BCUT2D eigenvalue weighted by atomic mass is 32.1. The van der Waals surface area contributed by atoms with Gasteiger partial charge in [0.1, 0.15) is 5.76 Å². The van der Waals surface area contributed by atoms with E-state index in [0.717, 1.165) is 15.3 Å². The molecule has 0 unspecified atom stereocenters. The molecule has 0 aliphatic rings. The molecule has 0 amide bonds. The third-order valence-corrected chi connectivity index (χ3v) is 3.42. The summed E-state index contributed by atoms with van der Waals surface area (Å²) in [5.74, 6) is 0.0114. The van der Waals surface area contributed by atoms with Gasteiger partial charge in [-0.1, -0.05) is 30.0 Å². The molecule has 3 rings (SSSR count). The molecule has 17 heavy (non-hydrogen) atoms. The van der Waals surface area contributed by atoms with Crippen LogP contribution in [-0.2, 0) is 0 Å². The molecule has 0 bridgehead atoms. The number of fused-ring (bicyclic) bond motifs is 1. The van der Waals surface area contributed by atoms with Gasteiger partial charge in [0, 0.05) is 6.20 Å². The van der Waals surface area contributed by atoms with Crippen LogP contribution in [0.4, 0.5) is 0 Å². The van der Waals surface area contributed by atoms with E-state index in [1.54, 1.807) is 28.4 Å². The number of rotatable bonds is 2. The number of aliphatic hydroxyl groups excluding tert-OH is 1. The van der Waals surface area contributed by atoms with Crippen LogP contribution in [-0.4, -0.2) is 19.9 Å². The van der Waals surface area contributed by atoms with E-state index in [2.05, 4.69) is 16.7 Å². The third-order valence-electron chi connectivity index (χ3n) is 2.39. The van der Waals surface area contributed by atoms with Gasteiger partial charge in [0.25, 0.3) is 0 Å². The van der Waals surface area contributed by atoms with Gasteiger partial charge in [-0.3, -0.25) is 0 Å². The first-order valence-corrected chi connectivity index (χ1v) is 5.84. The monoisotopic (exact) mass is 243 g/mol. The van der Waals surface area contributed by atoms with Gasteiger partial charge in [-0.15, -0.1) is 0 Å². The van der Waals surface area contributed by atoms with Crippen LogP contribution in [0.5, 0.6) is 0 Å². The standard InChI is InChI=1S/C12H9N3OS/c1-8(16)9-6-13-15(7-9)12-14-10-4-2-3-5-11(10)17-12/h2-7,16H,1H2. The zero-order valence-electron chi connectivity index (χ0n) is 8.87. The summed E-state index contributed by atoms with van der Waals surface area (Å²) in [6.45, 7) is 3.46. The number of para-hydroxylation sites is 1. The van der Waals surface area contributed by atoms with E-state index in [-0.39, 0.29) is 5.76 Å². The van der Waals surface area contributed by atoms with Crippen molar-refractivity contribution in [2.75, 3.05) is 0 Å². The quantitative estimate of drug-likeness (QED) is 0.704. The number of thiazole rings is 1. The average molecular weight is 243 g/mol. The second kappa shape index (κ2) is 3.71. The lowest BCUT2D eigenvalue weighted by atomic mass is 10.3. The van der Waals surface area contributed by atoms with E-state index in [1.807, 2.05) is 24.3 Å². The summed E-state index contributed by atoms with van der Waals surface area (Å²) >= 11 is 1.55. The van der Waals surface area contributed by atoms with Gasteiger partial charge in [-0.25, -0.2) is 9.67 Å². The van der Waals surface area contributed by atoms with Crippen molar-refractivity contribution in [3.8, 4) is 5.13 Å². The molecule has 84 valence electrons. The Labute approximate surface area is 101 Å². The lowest BCUT2D eigenvalue weighted by Gasteiger charge is -1.92. The smallest absolute Gasteiger partial charge is 0.211 e. The molecule has 2 aromatic heterocycles. The lowest BCUT2D eigenvalue weighted by Crippen LogP contribution is -1.92. The van der Waals surface area contributed by atoms with E-state index >= 15 is 0 Å². The van der Waals surface area contributed by atoms with Crippen LogP contribution in [0, 0.1) is 0 Å². The maximum atomic E-state index is 9.26. The summed E-state index contributed by atoms with van der Waals surface area (Å²) in [6.07, 6.45) is 3.27. The van der Waals surface area contributed by atoms with E-state index in [9.17, 15) is 5.11 Å². The molecule has 0 aliphatic carbocycles. The molecule has 0 aliphatic heterocycles. The summed E-state index contributed by atoms with van der Waals surface area (Å²) in [7, 11) is 0. The van der Waals surface area contributed by atoms with Gasteiger partial charge >= 0.3 is 0 Å². The minimum atomic E-state index is 0.0114. The van der Waals surface area contributed by atoms with Crippen LogP contribution in [0.2, 0.25) is 0 Å². The fourth-order valence-corrected chi connectivity index (χ4v) is 2.43. The van der Waals surface area contributed by atoms with E-state index < -0.39 is 0 Å². The van der Waals surface area contributed by atoms with Crippen molar-refractivity contribution in [2.45, 2.75) is 0 Å². The third kappa shape index (κ3) is 1.70. The fourth-order valence-electron chi connectivity index (χ4n) is 1.53. The van der Waals surface area contributed by atoms with Crippen LogP contribution in [0.1, 0.15) is 5.56 Å². The van der Waals surface area contributed by atoms with Crippen LogP contribution >= 0.6 is 11.3 Å². The maximum absolute atomic E-state index is 9.26. The molecule has 1 aromatic carbocycles. The molecule has 0 saturated carbocycles. The van der Waals surface area contributed by atoms with Crippen molar-refractivity contribution in [3.63, 3.8) is 0 Å². The van der Waals surface area contributed by atoms with E-state index in [4.69, 9.17) is 0 Å². The minimum absolute atomic E-state index is 0.0114. The predicted molar refractivity (Wildman–Crippen MR) is 68.4 cm³/mol. The molecular formula is C12H9N3OS. The van der Waals surface area contributed by atoms with Gasteiger partial charge in [0.05, 0.1) is 22.0 Å². The Hall–Kier alpha value is -2.14. The largest absolute Gasteiger partial charge is 0.508 e. The van der Waals surface area contributed by atoms with Gasteiger partial charge in [0.2, 0.25) is 5.13 Å². The second-order valence-electron chi connectivity index (χ2n) is 3.58. The Balaban J connectivity index is 2.10. The molecule has 0 atom stereocenters. The van der Waals surface area contributed by atoms with Crippen molar-refractivity contribution >= 4 is 27.3 Å². The molecule has 4 nitrogen and oxygen atoms in total. The first kappa shape index (κ1) is 10.0. The second-order valence-corrected chi connectivity index (χ2v) is 4.59. The van der Waals surface area contributed by atoms with Crippen molar-refractivity contribution < 1.29 is 5.11 Å². The van der Waals surface area contributed by atoms with Crippen LogP contribution in [0.15, 0.2) is 43.2 Å². The molecule has 5 heteroatoms. The number of aromatic nitrogens is 3. The van der Waals surface area contributed by atoms with Crippen molar-refractivity contribution in [1.82, 2.24) is 14.8 Å². The Kier molecular flexibility index (Phi) is 2.19. The summed E-state index contributed by atoms with van der Waals surface area (Å²) in [6, 6.07) is 7.92. The molecule has 0 radical (unpaired) electrons. The highest BCUT2D eigenvalue weighted by Crippen LogP contribution is 2.24. The molecule has 1 N–H and O–H groups in total. The molecule has 0 saturated heterocycles. The van der Waals surface area contributed by atoms with E-state index in [0.29, 0.717) is 5.56 Å². The Morgan fingerprint density at radius 2 is 2.18 bits per heavy atom. The number of hydrogen-bond acceptors (Lipinski definition) is 4. The van der Waals surface area contributed by atoms with E-state index in [1.165, 1.54) is 0 Å². The van der Waals surface area contributed by atoms with Crippen molar-refractivity contribution in [2.24, 2.45) is 0 Å². The van der Waals surface area contributed by atoms with Crippen LogP contribution in [0.3, 0.4) is 0 Å². The van der Waals surface area contributed by atoms with Gasteiger partial charge in [-0.05, 0) is 12.1 Å². The number of nitrogens with zero attached hydrogens (tertiary/aromatic N) is 3. The number of benzene rings is 1. The predicted octanol–water partition coefficient (Wildman–Crippen LogP) is 3.01. The summed E-state index contributed by atoms with van der Waals surface area (Å²) < 4.78 is 2.75. The zero-order valence-corrected chi connectivity index (χ0v) is 9.68. The minimum Gasteiger partial charge on any atom is -0.508 e. The van der Waals surface area contributed by atoms with Crippen LogP contribution < -0.4 is 0 Å². The fraction of sp³-hybridized carbons (Fsp3) is 0. The zero-order chi connectivity index (χ0) is 11.8. The van der Waals surface area contributed by atoms with Gasteiger partial charge in [0.15, 0.2) is 0 Å². The highest BCUT2D eigenvalue weighted by molar-refractivity contribution is 7.20. The Morgan fingerprint density at radius 3 is 2.88 bits per heavy atom. The molecule has 2 heterocycles. The van der Waals surface area contributed by atoms with Crippen molar-refractivity contribution in [1.29, 1.82) is 0 Å². The van der Waals surface area contributed by atoms with Crippen molar-refractivity contribution in [3.05, 3.63) is 48.8 Å². The average Bonchev–Trinajstić information content (AvgIpc) is 2.95. The first-order valence-electron chi connectivity index (χ1n) is 5.03. The number of hydrogen-bond donors (Lipinski definition) is 1. The SMILES string of the molecule is C=C(O)c1cnn(-c2nc3ccccc3s2)c1. The Bertz CT molecular complexity index is 665. The molecule has 3 aromatic rings. The number of aliphatic hydroxyl groups is 1. The van der Waals surface area contributed by atoms with Crippen LogP contribution in [0.25, 0.3) is 21.1 Å². The molecule has 0 spiro atoms. The molecule has 0 fully saturated rings. The summed E-state index contributed by atoms with van der Waals surface area (Å²) in [5.41, 5.74) is 1.55. The molecular weight excluding hydrogens is 234 g/mol. The topological polar surface area (TPSA) is 50.9 Å². The lowest BCUT2D eigenvalue weighted by molar-refractivity contribution is 0.514. The first-order chi connectivity index (χ1) is 8.24. The summed E-state index contributed by atoms with van der Waals surface area (Å²) in [4.78, 5) is 4.46. The summed E-state index contributed by atoms with van der Waals surface area (Å²) in [5, 5.41) is 14.2.